The molecule has 0 fully saturated rings. The summed E-state index contributed by atoms with van der Waals surface area (Å²) in [5.41, 5.74) is 1.21. The molecule has 164 valence electrons. The Morgan fingerprint density at radius 3 is 2.55 bits per heavy atom. The maximum absolute atomic E-state index is 12.4. The number of thiophene rings is 1. The van der Waals surface area contributed by atoms with Crippen molar-refractivity contribution in [3.63, 3.8) is 0 Å². The van der Waals surface area contributed by atoms with E-state index in [0.29, 0.717) is 28.6 Å². The molecule has 0 aliphatic rings. The first kappa shape index (κ1) is 23.0. The fraction of sp³-hybridized carbons (Fsp3) is 0.364. The van der Waals surface area contributed by atoms with Gasteiger partial charge in [-0.1, -0.05) is 31.7 Å². The zero-order valence-corrected chi connectivity index (χ0v) is 19.6. The molecule has 0 radical (unpaired) electrons. The minimum absolute atomic E-state index is 0.135. The van der Waals surface area contributed by atoms with Crippen molar-refractivity contribution in [2.45, 2.75) is 38.4 Å². The van der Waals surface area contributed by atoms with Gasteiger partial charge in [0.15, 0.2) is 5.16 Å². The molecule has 2 N–H and O–H groups in total. The number of aromatic nitrogens is 3. The van der Waals surface area contributed by atoms with E-state index in [-0.39, 0.29) is 11.8 Å². The number of rotatable bonds is 10. The van der Waals surface area contributed by atoms with E-state index < -0.39 is 0 Å². The predicted molar refractivity (Wildman–Crippen MR) is 126 cm³/mol. The third kappa shape index (κ3) is 6.41. The summed E-state index contributed by atoms with van der Waals surface area (Å²) in [4.78, 5) is 25.2. The maximum Gasteiger partial charge on any atom is 0.265 e. The number of hydrogen-bond acceptors (Lipinski definition) is 6. The van der Waals surface area contributed by atoms with Crippen LogP contribution in [0, 0.1) is 5.92 Å². The minimum atomic E-state index is -0.151. The fourth-order valence-corrected chi connectivity index (χ4v) is 4.20. The van der Waals surface area contributed by atoms with Crippen LogP contribution in [-0.2, 0) is 13.0 Å². The standard InChI is InChI=1S/C22H27N5O2S2/c1-15(2)14-27-19(25-26-22(27)30-3)7-4-12-23-20(28)16-8-10-17(11-9-16)24-21(29)18-6-5-13-31-18/h5-6,8-11,13,15H,4,7,12,14H2,1-3H3,(H,23,28)(H,24,29). The summed E-state index contributed by atoms with van der Waals surface area (Å²) in [6, 6.07) is 10.5. The molecule has 31 heavy (non-hydrogen) atoms. The van der Waals surface area contributed by atoms with Crippen LogP contribution in [0.5, 0.6) is 0 Å². The van der Waals surface area contributed by atoms with E-state index in [1.807, 2.05) is 17.7 Å². The Hall–Kier alpha value is -2.65. The molecule has 0 aliphatic heterocycles. The molecular formula is C22H27N5O2S2. The van der Waals surface area contributed by atoms with Crippen LogP contribution in [0.15, 0.2) is 46.9 Å². The van der Waals surface area contributed by atoms with Gasteiger partial charge in [0.25, 0.3) is 11.8 Å². The van der Waals surface area contributed by atoms with Crippen molar-refractivity contribution in [1.82, 2.24) is 20.1 Å². The Balaban J connectivity index is 1.47. The monoisotopic (exact) mass is 457 g/mol. The van der Waals surface area contributed by atoms with Gasteiger partial charge < -0.3 is 15.2 Å². The molecule has 0 saturated carbocycles. The highest BCUT2D eigenvalue weighted by molar-refractivity contribution is 7.98. The molecule has 3 rings (SSSR count). The van der Waals surface area contributed by atoms with E-state index in [2.05, 4.69) is 39.2 Å². The number of carbonyl (C=O) groups excluding carboxylic acids is 2. The number of thioether (sulfide) groups is 1. The van der Waals surface area contributed by atoms with Crippen LogP contribution in [0.25, 0.3) is 0 Å². The van der Waals surface area contributed by atoms with Gasteiger partial charge in [-0.3, -0.25) is 9.59 Å². The third-order valence-electron chi connectivity index (χ3n) is 4.54. The predicted octanol–water partition coefficient (Wildman–Crippen LogP) is 4.33. The first-order valence-corrected chi connectivity index (χ1v) is 12.3. The summed E-state index contributed by atoms with van der Waals surface area (Å²) in [6.07, 6.45) is 3.54. The second-order valence-electron chi connectivity index (χ2n) is 7.48. The molecule has 2 amide bonds. The Labute approximate surface area is 190 Å². The molecule has 0 saturated heterocycles. The van der Waals surface area contributed by atoms with E-state index in [4.69, 9.17) is 0 Å². The lowest BCUT2D eigenvalue weighted by Crippen LogP contribution is -2.25. The summed E-state index contributed by atoms with van der Waals surface area (Å²) in [5.74, 6) is 1.18. The first-order chi connectivity index (χ1) is 15.0. The lowest BCUT2D eigenvalue weighted by molar-refractivity contribution is 0.0952. The lowest BCUT2D eigenvalue weighted by atomic mass is 10.2. The summed E-state index contributed by atoms with van der Waals surface area (Å²) < 4.78 is 2.17. The molecule has 3 aromatic rings. The molecule has 2 aromatic heterocycles. The van der Waals surface area contributed by atoms with Crippen molar-refractivity contribution >= 4 is 40.6 Å². The molecule has 0 unspecified atom stereocenters. The average molecular weight is 458 g/mol. The van der Waals surface area contributed by atoms with Gasteiger partial charge in [-0.15, -0.1) is 21.5 Å². The third-order valence-corrected chi connectivity index (χ3v) is 6.07. The molecule has 0 atom stereocenters. The highest BCUT2D eigenvalue weighted by atomic mass is 32.2. The molecular weight excluding hydrogens is 430 g/mol. The Kier molecular flexibility index (Phi) is 8.25. The van der Waals surface area contributed by atoms with Gasteiger partial charge in [-0.2, -0.15) is 0 Å². The first-order valence-electron chi connectivity index (χ1n) is 10.2. The van der Waals surface area contributed by atoms with Crippen LogP contribution in [0.1, 0.15) is 46.1 Å². The van der Waals surface area contributed by atoms with Crippen molar-refractivity contribution in [2.24, 2.45) is 5.92 Å². The van der Waals surface area contributed by atoms with Crippen molar-refractivity contribution in [3.8, 4) is 0 Å². The number of carbonyl (C=O) groups is 2. The normalized spacial score (nSPS) is 11.0. The van der Waals surface area contributed by atoms with Gasteiger partial charge in [0, 0.05) is 30.8 Å². The summed E-state index contributed by atoms with van der Waals surface area (Å²) >= 11 is 2.98. The Bertz CT molecular complexity index is 998. The van der Waals surface area contributed by atoms with Crippen LogP contribution in [-0.4, -0.2) is 39.4 Å². The van der Waals surface area contributed by atoms with Gasteiger partial charge in [0.2, 0.25) is 0 Å². The smallest absolute Gasteiger partial charge is 0.265 e. The van der Waals surface area contributed by atoms with Crippen molar-refractivity contribution < 1.29 is 9.59 Å². The van der Waals surface area contributed by atoms with E-state index in [9.17, 15) is 9.59 Å². The molecule has 1 aromatic carbocycles. The average Bonchev–Trinajstić information content (AvgIpc) is 3.42. The Morgan fingerprint density at radius 2 is 1.90 bits per heavy atom. The maximum atomic E-state index is 12.4. The lowest BCUT2D eigenvalue weighted by Gasteiger charge is -2.12. The number of amides is 2. The molecule has 0 aliphatic carbocycles. The quantitative estimate of drug-likeness (QED) is 0.349. The Morgan fingerprint density at radius 1 is 1.13 bits per heavy atom. The van der Waals surface area contributed by atoms with Crippen LogP contribution in [0.4, 0.5) is 5.69 Å². The molecule has 7 nitrogen and oxygen atoms in total. The number of hydrogen-bond donors (Lipinski definition) is 2. The highest BCUT2D eigenvalue weighted by Gasteiger charge is 2.13. The van der Waals surface area contributed by atoms with Gasteiger partial charge in [0.1, 0.15) is 5.82 Å². The van der Waals surface area contributed by atoms with Crippen molar-refractivity contribution in [1.29, 1.82) is 0 Å². The number of nitrogens with zero attached hydrogens (tertiary/aromatic N) is 3. The van der Waals surface area contributed by atoms with E-state index in [1.165, 1.54) is 11.3 Å². The van der Waals surface area contributed by atoms with Gasteiger partial charge in [0.05, 0.1) is 4.88 Å². The molecule has 0 spiro atoms. The number of anilines is 1. The second-order valence-corrected chi connectivity index (χ2v) is 9.20. The second kappa shape index (κ2) is 11.1. The SMILES string of the molecule is CSc1nnc(CCCNC(=O)c2ccc(NC(=O)c3cccs3)cc2)n1CC(C)C. The molecule has 9 heteroatoms. The summed E-state index contributed by atoms with van der Waals surface area (Å²) in [7, 11) is 0. The van der Waals surface area contributed by atoms with E-state index in [0.717, 1.165) is 30.4 Å². The minimum Gasteiger partial charge on any atom is -0.352 e. The largest absolute Gasteiger partial charge is 0.352 e. The topological polar surface area (TPSA) is 88.9 Å². The molecule has 2 heterocycles. The van der Waals surface area contributed by atoms with Crippen molar-refractivity contribution in [2.75, 3.05) is 18.1 Å². The summed E-state index contributed by atoms with van der Waals surface area (Å²) in [6.45, 7) is 5.79. The number of aryl methyl sites for hydroxylation is 1. The fourth-order valence-electron chi connectivity index (χ4n) is 3.06. The van der Waals surface area contributed by atoms with Crippen LogP contribution in [0.2, 0.25) is 0 Å². The van der Waals surface area contributed by atoms with Crippen LogP contribution < -0.4 is 10.6 Å². The number of benzene rings is 1. The zero-order chi connectivity index (χ0) is 22.2. The highest BCUT2D eigenvalue weighted by Crippen LogP contribution is 2.17. The van der Waals surface area contributed by atoms with Gasteiger partial charge in [-0.05, 0) is 54.3 Å². The summed E-state index contributed by atoms with van der Waals surface area (Å²) in [5, 5.41) is 17.1. The van der Waals surface area contributed by atoms with Crippen LogP contribution in [0.3, 0.4) is 0 Å². The number of nitrogens with one attached hydrogen (secondary N) is 2. The zero-order valence-electron chi connectivity index (χ0n) is 17.9. The van der Waals surface area contributed by atoms with Gasteiger partial charge in [-0.25, -0.2) is 0 Å². The van der Waals surface area contributed by atoms with Crippen LogP contribution >= 0.6 is 23.1 Å². The molecule has 0 bridgehead atoms. The van der Waals surface area contributed by atoms with E-state index in [1.54, 1.807) is 42.1 Å². The van der Waals surface area contributed by atoms with Gasteiger partial charge >= 0.3 is 0 Å². The van der Waals surface area contributed by atoms with E-state index >= 15 is 0 Å². The van der Waals surface area contributed by atoms with Crippen molar-refractivity contribution in [3.05, 3.63) is 58.0 Å².